The molecule has 9 heteroatoms. The summed E-state index contributed by atoms with van der Waals surface area (Å²) in [5.74, 6) is -0.626. The first-order chi connectivity index (χ1) is 17.7. The number of halogens is 1. The van der Waals surface area contributed by atoms with Gasteiger partial charge < -0.3 is 20.3 Å². The summed E-state index contributed by atoms with van der Waals surface area (Å²) < 4.78 is 22.2. The van der Waals surface area contributed by atoms with E-state index in [4.69, 9.17) is 10.5 Å². The van der Waals surface area contributed by atoms with Gasteiger partial charge in [0.25, 0.3) is 11.8 Å². The molecule has 2 N–H and O–H groups in total. The van der Waals surface area contributed by atoms with E-state index in [1.807, 2.05) is 26.2 Å². The second kappa shape index (κ2) is 8.14. The van der Waals surface area contributed by atoms with Gasteiger partial charge in [-0.3, -0.25) is 9.59 Å². The third-order valence-electron chi connectivity index (χ3n) is 8.04. The average molecular weight is 504 g/mol. The number of carbonyl (C=O) groups excluding carboxylic acids is 2. The third-order valence-corrected chi connectivity index (χ3v) is 8.04. The standard InChI is InChI=1S/C28H30FN5O3/c1-32(2)15-27(10-11-27)20-9-6-18(14-21(20)29)33-16-28(12-13-28)22-23(25(30)35)31-34(24(22)26(33)36)17-4-7-19(37-3)8-5-17/h4-9,14H,10-13,15-16H2,1-3H3,(H2,30,35). The molecule has 0 unspecified atom stereocenters. The van der Waals surface area contributed by atoms with Gasteiger partial charge in [0.2, 0.25) is 0 Å². The van der Waals surface area contributed by atoms with Gasteiger partial charge in [-0.15, -0.1) is 0 Å². The summed E-state index contributed by atoms with van der Waals surface area (Å²) in [4.78, 5) is 30.1. The van der Waals surface area contributed by atoms with Crippen LogP contribution in [-0.4, -0.2) is 60.8 Å². The van der Waals surface area contributed by atoms with Crippen LogP contribution in [0.4, 0.5) is 10.1 Å². The number of nitrogens with two attached hydrogens (primary N) is 1. The fraction of sp³-hybridized carbons (Fsp3) is 0.393. The Bertz CT molecular complexity index is 1420. The molecule has 0 radical (unpaired) electrons. The number of fused-ring (bicyclic) bond motifs is 2. The number of aromatic nitrogens is 2. The van der Waals surface area contributed by atoms with Gasteiger partial charge in [0.1, 0.15) is 17.3 Å². The van der Waals surface area contributed by atoms with Gasteiger partial charge in [0.15, 0.2) is 5.69 Å². The zero-order valence-corrected chi connectivity index (χ0v) is 21.3. The van der Waals surface area contributed by atoms with E-state index < -0.39 is 11.3 Å². The quantitative estimate of drug-likeness (QED) is 0.534. The molecule has 1 aromatic heterocycles. The molecule has 2 aliphatic carbocycles. The molecule has 0 bridgehead atoms. The summed E-state index contributed by atoms with van der Waals surface area (Å²) in [5.41, 5.74) is 7.99. The van der Waals surface area contributed by atoms with E-state index in [-0.39, 0.29) is 22.8 Å². The number of amides is 2. The molecule has 3 aromatic rings. The molecular formula is C28H30FN5O3. The Labute approximate surface area is 214 Å². The highest BCUT2D eigenvalue weighted by Gasteiger charge is 2.56. The number of ether oxygens (including phenoxy) is 1. The lowest BCUT2D eigenvalue weighted by Gasteiger charge is -2.34. The van der Waals surface area contributed by atoms with Gasteiger partial charge in [-0.25, -0.2) is 9.07 Å². The highest BCUT2D eigenvalue weighted by atomic mass is 19.1. The maximum atomic E-state index is 15.5. The van der Waals surface area contributed by atoms with Gasteiger partial charge >= 0.3 is 0 Å². The number of methoxy groups -OCH3 is 1. The van der Waals surface area contributed by atoms with E-state index in [1.165, 1.54) is 10.7 Å². The number of anilines is 1. The van der Waals surface area contributed by atoms with Crippen molar-refractivity contribution < 1.29 is 18.7 Å². The molecule has 37 heavy (non-hydrogen) atoms. The molecule has 192 valence electrons. The van der Waals surface area contributed by atoms with Crippen LogP contribution in [0.25, 0.3) is 5.69 Å². The zero-order chi connectivity index (χ0) is 26.1. The maximum Gasteiger partial charge on any atom is 0.277 e. The largest absolute Gasteiger partial charge is 0.497 e. The van der Waals surface area contributed by atoms with E-state index >= 15 is 4.39 Å². The van der Waals surface area contributed by atoms with Crippen LogP contribution in [0.15, 0.2) is 42.5 Å². The van der Waals surface area contributed by atoms with E-state index in [9.17, 15) is 9.59 Å². The van der Waals surface area contributed by atoms with Crippen molar-refractivity contribution in [2.24, 2.45) is 5.73 Å². The molecule has 8 nitrogen and oxygen atoms in total. The molecule has 1 spiro atoms. The van der Waals surface area contributed by atoms with Crippen LogP contribution < -0.4 is 15.4 Å². The summed E-state index contributed by atoms with van der Waals surface area (Å²) in [6.07, 6.45) is 3.50. The Morgan fingerprint density at radius 1 is 1.11 bits per heavy atom. The van der Waals surface area contributed by atoms with Crippen molar-refractivity contribution in [2.45, 2.75) is 36.5 Å². The Morgan fingerprint density at radius 2 is 1.78 bits per heavy atom. The number of primary amides is 1. The Balaban J connectivity index is 1.43. The zero-order valence-electron chi connectivity index (χ0n) is 21.3. The van der Waals surface area contributed by atoms with Gasteiger partial charge in [0, 0.05) is 35.2 Å². The second-order valence-electron chi connectivity index (χ2n) is 10.9. The number of likely N-dealkylation sites (N-methyl/N-ethyl adjacent to an activating group) is 1. The molecular weight excluding hydrogens is 473 g/mol. The highest BCUT2D eigenvalue weighted by molar-refractivity contribution is 6.10. The van der Waals surface area contributed by atoms with Gasteiger partial charge in [-0.05, 0) is 81.7 Å². The first-order valence-corrected chi connectivity index (χ1v) is 12.5. The first kappa shape index (κ1) is 23.7. The van der Waals surface area contributed by atoms with Gasteiger partial charge in [-0.1, -0.05) is 6.07 Å². The van der Waals surface area contributed by atoms with Crippen LogP contribution in [0, 0.1) is 5.82 Å². The summed E-state index contributed by atoms with van der Waals surface area (Å²) >= 11 is 0. The molecule has 0 saturated heterocycles. The fourth-order valence-corrected chi connectivity index (χ4v) is 5.92. The van der Waals surface area contributed by atoms with Crippen molar-refractivity contribution >= 4 is 17.5 Å². The number of carbonyl (C=O) groups is 2. The third kappa shape index (κ3) is 3.71. The number of benzene rings is 2. The second-order valence-corrected chi connectivity index (χ2v) is 10.9. The SMILES string of the molecule is COc1ccc(-n2nc(C(N)=O)c3c2C(=O)N(c2ccc(C4(CN(C)C)CC4)c(F)c2)CC32CC2)cc1. The molecule has 0 atom stereocenters. The summed E-state index contributed by atoms with van der Waals surface area (Å²) in [6.45, 7) is 1.14. The highest BCUT2D eigenvalue weighted by Crippen LogP contribution is 2.55. The smallest absolute Gasteiger partial charge is 0.277 e. The molecule has 2 fully saturated rings. The summed E-state index contributed by atoms with van der Waals surface area (Å²) in [6, 6.07) is 12.2. The maximum absolute atomic E-state index is 15.5. The molecule has 3 aliphatic rings. The predicted octanol–water partition coefficient (Wildman–Crippen LogP) is 3.40. The van der Waals surface area contributed by atoms with E-state index in [1.54, 1.807) is 36.3 Å². The van der Waals surface area contributed by atoms with Crippen LogP contribution in [0.5, 0.6) is 5.75 Å². The summed E-state index contributed by atoms with van der Waals surface area (Å²) in [7, 11) is 5.57. The topological polar surface area (TPSA) is 93.7 Å². The number of hydrogen-bond donors (Lipinski definition) is 1. The minimum atomic E-state index is -0.665. The van der Waals surface area contributed by atoms with E-state index in [0.717, 1.165) is 32.2 Å². The van der Waals surface area contributed by atoms with Crippen LogP contribution >= 0.6 is 0 Å². The predicted molar refractivity (Wildman–Crippen MR) is 137 cm³/mol. The Hall–Kier alpha value is -3.72. The monoisotopic (exact) mass is 503 g/mol. The molecule has 6 rings (SSSR count). The van der Waals surface area contributed by atoms with E-state index in [0.29, 0.717) is 40.5 Å². The van der Waals surface area contributed by atoms with E-state index in [2.05, 4.69) is 10.00 Å². The molecule has 2 saturated carbocycles. The van der Waals surface area contributed by atoms with Crippen LogP contribution in [0.1, 0.15) is 57.8 Å². The van der Waals surface area contributed by atoms with Gasteiger partial charge in [-0.2, -0.15) is 5.10 Å². The first-order valence-electron chi connectivity index (χ1n) is 12.5. The fourth-order valence-electron chi connectivity index (χ4n) is 5.92. The Kier molecular flexibility index (Phi) is 5.21. The lowest BCUT2D eigenvalue weighted by molar-refractivity contribution is 0.0966. The van der Waals surface area contributed by atoms with Crippen molar-refractivity contribution in [3.8, 4) is 11.4 Å². The number of hydrogen-bond acceptors (Lipinski definition) is 5. The summed E-state index contributed by atoms with van der Waals surface area (Å²) in [5, 5.41) is 4.51. The van der Waals surface area contributed by atoms with Crippen molar-refractivity contribution in [2.75, 3.05) is 39.2 Å². The van der Waals surface area contributed by atoms with Crippen molar-refractivity contribution in [3.05, 3.63) is 70.8 Å². The average Bonchev–Trinajstić information content (AvgIpc) is 3.78. The lowest BCUT2D eigenvalue weighted by Crippen LogP contribution is -2.45. The van der Waals surface area contributed by atoms with Gasteiger partial charge in [0.05, 0.1) is 12.8 Å². The minimum absolute atomic E-state index is 0.122. The number of nitrogens with zero attached hydrogens (tertiary/aromatic N) is 4. The van der Waals surface area contributed by atoms with Crippen molar-refractivity contribution in [1.82, 2.24) is 14.7 Å². The molecule has 2 heterocycles. The van der Waals surface area contributed by atoms with Crippen LogP contribution in [0.2, 0.25) is 0 Å². The van der Waals surface area contributed by atoms with Crippen molar-refractivity contribution in [3.63, 3.8) is 0 Å². The molecule has 2 amide bonds. The van der Waals surface area contributed by atoms with Crippen LogP contribution in [0.3, 0.4) is 0 Å². The molecule has 2 aromatic carbocycles. The van der Waals surface area contributed by atoms with Crippen molar-refractivity contribution in [1.29, 1.82) is 0 Å². The molecule has 1 aliphatic heterocycles. The lowest BCUT2D eigenvalue weighted by atomic mass is 9.87. The Morgan fingerprint density at radius 3 is 2.32 bits per heavy atom. The number of rotatable bonds is 7. The van der Waals surface area contributed by atoms with Crippen LogP contribution in [-0.2, 0) is 10.8 Å². The normalized spacial score (nSPS) is 18.7. The minimum Gasteiger partial charge on any atom is -0.497 e.